The summed E-state index contributed by atoms with van der Waals surface area (Å²) in [6.45, 7) is 6.55. The first-order valence-electron chi connectivity index (χ1n) is 7.78. The van der Waals surface area contributed by atoms with E-state index in [0.29, 0.717) is 12.0 Å². The van der Waals surface area contributed by atoms with Crippen LogP contribution in [0, 0.1) is 12.8 Å². The molecule has 2 rings (SSSR count). The van der Waals surface area contributed by atoms with Gasteiger partial charge in [0.1, 0.15) is 0 Å². The summed E-state index contributed by atoms with van der Waals surface area (Å²) in [6, 6.07) is 9.26. The third-order valence-electron chi connectivity index (χ3n) is 4.45. The van der Waals surface area contributed by atoms with Gasteiger partial charge in [0.2, 0.25) is 0 Å². The number of aryl methyl sites for hydroxylation is 1. The van der Waals surface area contributed by atoms with Crippen molar-refractivity contribution < 1.29 is 0 Å². The number of hydrogen-bond acceptors (Lipinski definition) is 2. The first kappa shape index (κ1) is 14.4. The quantitative estimate of drug-likeness (QED) is 0.836. The van der Waals surface area contributed by atoms with Crippen molar-refractivity contribution in [1.82, 2.24) is 0 Å². The molecule has 0 spiro atoms. The first-order chi connectivity index (χ1) is 9.20. The molecule has 2 unspecified atom stereocenters. The molecule has 106 valence electrons. The second-order valence-electron chi connectivity index (χ2n) is 5.94. The molecule has 0 amide bonds. The molecule has 0 saturated heterocycles. The highest BCUT2D eigenvalue weighted by molar-refractivity contribution is 5.47. The van der Waals surface area contributed by atoms with E-state index in [-0.39, 0.29) is 0 Å². The fourth-order valence-electron chi connectivity index (χ4n) is 3.10. The van der Waals surface area contributed by atoms with Crippen LogP contribution in [-0.4, -0.2) is 19.1 Å². The number of rotatable bonds is 4. The lowest BCUT2D eigenvalue weighted by molar-refractivity contribution is 0.397. The van der Waals surface area contributed by atoms with E-state index in [1.165, 1.54) is 43.4 Å². The Morgan fingerprint density at radius 1 is 1.11 bits per heavy atom. The minimum absolute atomic E-state index is 0.391. The number of hydrogen-bond donors (Lipinski definition) is 1. The van der Waals surface area contributed by atoms with Crippen molar-refractivity contribution in [3.63, 3.8) is 0 Å². The first-order valence-corrected chi connectivity index (χ1v) is 7.78. The van der Waals surface area contributed by atoms with Crippen LogP contribution >= 0.6 is 0 Å². The van der Waals surface area contributed by atoms with E-state index in [0.717, 1.165) is 13.1 Å². The fourth-order valence-corrected chi connectivity index (χ4v) is 3.10. The average molecular weight is 260 g/mol. The third-order valence-corrected chi connectivity index (χ3v) is 4.45. The highest BCUT2D eigenvalue weighted by atomic mass is 15.1. The minimum Gasteiger partial charge on any atom is -0.371 e. The number of nitrogens with zero attached hydrogens (tertiary/aromatic N) is 1. The van der Waals surface area contributed by atoms with Crippen LogP contribution in [0.15, 0.2) is 24.3 Å². The van der Waals surface area contributed by atoms with Crippen molar-refractivity contribution in [2.75, 3.05) is 18.0 Å². The maximum atomic E-state index is 6.36. The molecule has 1 saturated carbocycles. The van der Waals surface area contributed by atoms with Crippen molar-refractivity contribution in [2.45, 2.75) is 52.0 Å². The molecule has 0 radical (unpaired) electrons. The summed E-state index contributed by atoms with van der Waals surface area (Å²) < 4.78 is 0. The summed E-state index contributed by atoms with van der Waals surface area (Å²) in [5, 5.41) is 0. The van der Waals surface area contributed by atoms with Crippen LogP contribution in [-0.2, 0) is 0 Å². The summed E-state index contributed by atoms with van der Waals surface area (Å²) in [6.07, 6.45) is 6.53. The molecule has 1 aliphatic rings. The Morgan fingerprint density at radius 2 is 1.79 bits per heavy atom. The predicted octanol–water partition coefficient (Wildman–Crippen LogP) is 3.73. The van der Waals surface area contributed by atoms with Gasteiger partial charge < -0.3 is 10.6 Å². The predicted molar refractivity (Wildman–Crippen MR) is 83.6 cm³/mol. The molecule has 0 heterocycles. The van der Waals surface area contributed by atoms with E-state index in [2.05, 4.69) is 43.0 Å². The van der Waals surface area contributed by atoms with E-state index in [9.17, 15) is 0 Å². The highest BCUT2D eigenvalue weighted by Gasteiger charge is 2.22. The molecular weight excluding hydrogens is 232 g/mol. The zero-order valence-electron chi connectivity index (χ0n) is 12.4. The van der Waals surface area contributed by atoms with Gasteiger partial charge in [-0.25, -0.2) is 0 Å². The van der Waals surface area contributed by atoms with Crippen LogP contribution in [0.3, 0.4) is 0 Å². The third kappa shape index (κ3) is 3.97. The summed E-state index contributed by atoms with van der Waals surface area (Å²) in [4.78, 5) is 2.48. The van der Waals surface area contributed by atoms with Gasteiger partial charge in [-0.15, -0.1) is 0 Å². The second-order valence-corrected chi connectivity index (χ2v) is 5.94. The summed E-state index contributed by atoms with van der Waals surface area (Å²) >= 11 is 0. The molecule has 0 bridgehead atoms. The molecule has 2 heteroatoms. The van der Waals surface area contributed by atoms with Crippen molar-refractivity contribution in [3.05, 3.63) is 29.8 Å². The highest BCUT2D eigenvalue weighted by Crippen LogP contribution is 2.25. The summed E-state index contributed by atoms with van der Waals surface area (Å²) in [5.41, 5.74) is 9.02. The van der Waals surface area contributed by atoms with Crippen LogP contribution in [0.5, 0.6) is 0 Å². The molecule has 0 aromatic heterocycles. The Labute approximate surface area is 118 Å². The minimum atomic E-state index is 0.391. The Morgan fingerprint density at radius 3 is 2.47 bits per heavy atom. The molecule has 2 N–H and O–H groups in total. The summed E-state index contributed by atoms with van der Waals surface area (Å²) in [7, 11) is 0. The van der Waals surface area contributed by atoms with E-state index in [1.807, 2.05) is 0 Å². The van der Waals surface area contributed by atoms with Gasteiger partial charge in [-0.05, 0) is 44.7 Å². The van der Waals surface area contributed by atoms with Gasteiger partial charge in [0.15, 0.2) is 0 Å². The number of anilines is 1. The smallest absolute Gasteiger partial charge is 0.0366 e. The lowest BCUT2D eigenvalue weighted by atomic mass is 9.94. The van der Waals surface area contributed by atoms with Gasteiger partial charge in [-0.1, -0.05) is 37.0 Å². The zero-order chi connectivity index (χ0) is 13.7. The molecule has 1 aliphatic carbocycles. The average Bonchev–Trinajstić information content (AvgIpc) is 2.62. The SMILES string of the molecule is CCN(CC1CCCCCC1N)c1ccc(C)cc1. The molecule has 2 atom stereocenters. The van der Waals surface area contributed by atoms with Crippen molar-refractivity contribution in [3.8, 4) is 0 Å². The van der Waals surface area contributed by atoms with Crippen molar-refractivity contribution in [2.24, 2.45) is 11.7 Å². The van der Waals surface area contributed by atoms with Crippen LogP contribution in [0.2, 0.25) is 0 Å². The van der Waals surface area contributed by atoms with Gasteiger partial charge in [0.05, 0.1) is 0 Å². The Kier molecular flexibility index (Phi) is 5.26. The number of nitrogens with two attached hydrogens (primary N) is 1. The molecular formula is C17H28N2. The molecule has 0 aliphatic heterocycles. The van der Waals surface area contributed by atoms with Gasteiger partial charge >= 0.3 is 0 Å². The van der Waals surface area contributed by atoms with Crippen LogP contribution in [0.4, 0.5) is 5.69 Å². The normalized spacial score (nSPS) is 23.9. The molecule has 19 heavy (non-hydrogen) atoms. The number of benzene rings is 1. The van der Waals surface area contributed by atoms with Crippen molar-refractivity contribution in [1.29, 1.82) is 0 Å². The lowest BCUT2D eigenvalue weighted by Gasteiger charge is -2.31. The molecule has 1 aromatic rings. The maximum absolute atomic E-state index is 6.36. The topological polar surface area (TPSA) is 29.3 Å². The van der Waals surface area contributed by atoms with Gasteiger partial charge in [-0.2, -0.15) is 0 Å². The van der Waals surface area contributed by atoms with Gasteiger partial charge in [0, 0.05) is 24.8 Å². The second kappa shape index (κ2) is 6.95. The molecule has 1 fully saturated rings. The Hall–Kier alpha value is -1.02. The van der Waals surface area contributed by atoms with Crippen LogP contribution in [0.25, 0.3) is 0 Å². The monoisotopic (exact) mass is 260 g/mol. The Bertz CT molecular complexity index is 371. The summed E-state index contributed by atoms with van der Waals surface area (Å²) in [5.74, 6) is 0.656. The van der Waals surface area contributed by atoms with Gasteiger partial charge in [0.25, 0.3) is 0 Å². The molecule has 2 nitrogen and oxygen atoms in total. The van der Waals surface area contributed by atoms with Crippen LogP contribution in [0.1, 0.15) is 44.6 Å². The van der Waals surface area contributed by atoms with E-state index >= 15 is 0 Å². The Balaban J connectivity index is 2.03. The van der Waals surface area contributed by atoms with E-state index < -0.39 is 0 Å². The van der Waals surface area contributed by atoms with E-state index in [4.69, 9.17) is 5.73 Å². The fraction of sp³-hybridized carbons (Fsp3) is 0.647. The standard InChI is InChI=1S/C17H28N2/c1-3-19(16-11-9-14(2)10-12-16)13-15-7-5-4-6-8-17(15)18/h9-12,15,17H,3-8,13,18H2,1-2H3. The van der Waals surface area contributed by atoms with E-state index in [1.54, 1.807) is 0 Å². The molecule has 1 aromatic carbocycles. The lowest BCUT2D eigenvalue weighted by Crippen LogP contribution is -2.38. The maximum Gasteiger partial charge on any atom is 0.0366 e. The zero-order valence-corrected chi connectivity index (χ0v) is 12.4. The van der Waals surface area contributed by atoms with Crippen LogP contribution < -0.4 is 10.6 Å². The van der Waals surface area contributed by atoms with Crippen molar-refractivity contribution >= 4 is 5.69 Å². The largest absolute Gasteiger partial charge is 0.371 e. The van der Waals surface area contributed by atoms with Gasteiger partial charge in [-0.3, -0.25) is 0 Å².